The summed E-state index contributed by atoms with van der Waals surface area (Å²) in [5.41, 5.74) is 7.21. The Kier molecular flexibility index (Phi) is 4.26. The van der Waals surface area contributed by atoms with E-state index in [1.807, 2.05) is 12.1 Å². The van der Waals surface area contributed by atoms with Gasteiger partial charge in [-0.25, -0.2) is 0 Å². The predicted octanol–water partition coefficient (Wildman–Crippen LogP) is 1.82. The first-order chi connectivity index (χ1) is 7.89. The molecule has 1 amide bonds. The molecule has 0 aliphatic carbocycles. The fraction of sp³-hybridized carbons (Fsp3) is 0.385. The molecule has 0 spiro atoms. The van der Waals surface area contributed by atoms with Crippen molar-refractivity contribution in [3.05, 3.63) is 35.4 Å². The van der Waals surface area contributed by atoms with E-state index in [0.29, 0.717) is 0 Å². The minimum atomic E-state index is -0.537. The van der Waals surface area contributed by atoms with Crippen LogP contribution in [-0.2, 0) is 15.0 Å². The molecule has 0 aliphatic heterocycles. The number of hydrogen-bond acceptors (Lipinski definition) is 3. The van der Waals surface area contributed by atoms with Crippen molar-refractivity contribution < 1.29 is 9.63 Å². The van der Waals surface area contributed by atoms with Crippen LogP contribution in [0.1, 0.15) is 31.9 Å². The summed E-state index contributed by atoms with van der Waals surface area (Å²) in [5, 5.41) is 3.65. The van der Waals surface area contributed by atoms with Gasteiger partial charge in [0.15, 0.2) is 6.61 Å². The molecular weight excluding hydrogens is 216 g/mol. The maximum Gasteiger partial charge on any atom is 0.258 e. The van der Waals surface area contributed by atoms with Crippen LogP contribution in [0.15, 0.2) is 29.4 Å². The van der Waals surface area contributed by atoms with Gasteiger partial charge in [-0.15, -0.1) is 0 Å². The van der Waals surface area contributed by atoms with Gasteiger partial charge in [0, 0.05) is 0 Å². The molecule has 1 rings (SSSR count). The maximum atomic E-state index is 10.4. The van der Waals surface area contributed by atoms with Gasteiger partial charge in [0.1, 0.15) is 0 Å². The van der Waals surface area contributed by atoms with Gasteiger partial charge in [0.05, 0.1) is 6.21 Å². The van der Waals surface area contributed by atoms with E-state index >= 15 is 0 Å². The van der Waals surface area contributed by atoms with E-state index in [9.17, 15) is 4.79 Å². The first kappa shape index (κ1) is 13.2. The van der Waals surface area contributed by atoms with Crippen LogP contribution in [0.25, 0.3) is 0 Å². The number of benzene rings is 1. The topological polar surface area (TPSA) is 64.7 Å². The van der Waals surface area contributed by atoms with Crippen LogP contribution in [0.5, 0.6) is 0 Å². The molecule has 0 radical (unpaired) electrons. The number of rotatable bonds is 4. The highest BCUT2D eigenvalue weighted by Gasteiger charge is 2.12. The van der Waals surface area contributed by atoms with Crippen LogP contribution in [0, 0.1) is 0 Å². The summed E-state index contributed by atoms with van der Waals surface area (Å²) in [6.45, 7) is 6.28. The number of oxime groups is 1. The number of hydrogen-bond donors (Lipinski definition) is 1. The average molecular weight is 234 g/mol. The molecule has 0 saturated heterocycles. The predicted molar refractivity (Wildman–Crippen MR) is 67.9 cm³/mol. The lowest BCUT2D eigenvalue weighted by atomic mass is 9.87. The van der Waals surface area contributed by atoms with Crippen LogP contribution >= 0.6 is 0 Å². The Balaban J connectivity index is 2.60. The van der Waals surface area contributed by atoms with Crippen molar-refractivity contribution in [2.75, 3.05) is 6.61 Å². The quantitative estimate of drug-likeness (QED) is 0.638. The van der Waals surface area contributed by atoms with E-state index < -0.39 is 5.91 Å². The van der Waals surface area contributed by atoms with Crippen molar-refractivity contribution >= 4 is 12.1 Å². The first-order valence-electron chi connectivity index (χ1n) is 5.44. The van der Waals surface area contributed by atoms with Gasteiger partial charge in [0.25, 0.3) is 5.91 Å². The second kappa shape index (κ2) is 5.48. The van der Waals surface area contributed by atoms with Crippen molar-refractivity contribution in [2.24, 2.45) is 10.9 Å². The van der Waals surface area contributed by atoms with Crippen molar-refractivity contribution in [3.8, 4) is 0 Å². The summed E-state index contributed by atoms with van der Waals surface area (Å²) in [6.07, 6.45) is 1.55. The molecule has 17 heavy (non-hydrogen) atoms. The second-order valence-corrected chi connectivity index (χ2v) is 4.85. The molecule has 0 aromatic heterocycles. The van der Waals surface area contributed by atoms with Gasteiger partial charge in [-0.1, -0.05) is 50.2 Å². The first-order valence-corrected chi connectivity index (χ1v) is 5.44. The number of nitrogens with zero attached hydrogens (tertiary/aromatic N) is 1. The van der Waals surface area contributed by atoms with Crippen LogP contribution in [0.4, 0.5) is 0 Å². The summed E-state index contributed by atoms with van der Waals surface area (Å²) in [5.74, 6) is -0.537. The number of carbonyl (C=O) groups excluding carboxylic acids is 1. The standard InChI is InChI=1S/C13H18N2O2/c1-13(2,3)11-6-4-10(5-7-11)8-15-17-9-12(14)16/h4-8H,9H2,1-3H3,(H2,14,16)/b15-8+. The number of nitrogens with two attached hydrogens (primary N) is 1. The van der Waals surface area contributed by atoms with E-state index in [4.69, 9.17) is 10.6 Å². The van der Waals surface area contributed by atoms with Crippen molar-refractivity contribution in [1.29, 1.82) is 0 Å². The third kappa shape index (κ3) is 4.68. The highest BCUT2D eigenvalue weighted by molar-refractivity contribution is 5.79. The number of amides is 1. The van der Waals surface area contributed by atoms with Gasteiger partial charge in [0.2, 0.25) is 0 Å². The Morgan fingerprint density at radius 3 is 2.41 bits per heavy atom. The smallest absolute Gasteiger partial charge is 0.258 e. The molecule has 4 heteroatoms. The molecule has 2 N–H and O–H groups in total. The third-order valence-electron chi connectivity index (χ3n) is 2.26. The third-order valence-corrected chi connectivity index (χ3v) is 2.26. The largest absolute Gasteiger partial charge is 0.386 e. The summed E-state index contributed by atoms with van der Waals surface area (Å²) in [4.78, 5) is 15.1. The fourth-order valence-corrected chi connectivity index (χ4v) is 1.27. The van der Waals surface area contributed by atoms with Crippen LogP contribution in [0.2, 0.25) is 0 Å². The van der Waals surface area contributed by atoms with Crippen LogP contribution in [0.3, 0.4) is 0 Å². The molecular formula is C13H18N2O2. The molecule has 0 bridgehead atoms. The molecule has 0 fully saturated rings. The Morgan fingerprint density at radius 2 is 1.94 bits per heavy atom. The van der Waals surface area contributed by atoms with Crippen LogP contribution in [-0.4, -0.2) is 18.7 Å². The van der Waals surface area contributed by atoms with Crippen molar-refractivity contribution in [1.82, 2.24) is 0 Å². The van der Waals surface area contributed by atoms with Gasteiger partial charge in [-0.05, 0) is 16.5 Å². The SMILES string of the molecule is CC(C)(C)c1ccc(/C=N/OCC(N)=O)cc1. The van der Waals surface area contributed by atoms with Crippen molar-refractivity contribution in [3.63, 3.8) is 0 Å². The summed E-state index contributed by atoms with van der Waals surface area (Å²) < 4.78 is 0. The number of carbonyl (C=O) groups is 1. The Labute approximate surface area is 101 Å². The molecule has 1 aromatic rings. The molecule has 4 nitrogen and oxygen atoms in total. The minimum absolute atomic E-state index is 0.137. The number of primary amides is 1. The highest BCUT2D eigenvalue weighted by atomic mass is 16.6. The van der Waals surface area contributed by atoms with E-state index in [0.717, 1.165) is 5.56 Å². The fourth-order valence-electron chi connectivity index (χ4n) is 1.27. The minimum Gasteiger partial charge on any atom is -0.386 e. The normalized spacial score (nSPS) is 11.7. The summed E-state index contributed by atoms with van der Waals surface area (Å²) in [7, 11) is 0. The van der Waals surface area contributed by atoms with Crippen molar-refractivity contribution in [2.45, 2.75) is 26.2 Å². The van der Waals surface area contributed by atoms with E-state index in [2.05, 4.69) is 38.1 Å². The molecule has 0 saturated carbocycles. The van der Waals surface area contributed by atoms with Gasteiger partial charge in [-0.3, -0.25) is 4.79 Å². The average Bonchev–Trinajstić information content (AvgIpc) is 2.23. The van der Waals surface area contributed by atoms with E-state index in [1.54, 1.807) is 6.21 Å². The maximum absolute atomic E-state index is 10.4. The Hall–Kier alpha value is -1.84. The lowest BCUT2D eigenvalue weighted by Gasteiger charge is -2.18. The molecule has 0 aliphatic rings. The van der Waals surface area contributed by atoms with Crippen LogP contribution < -0.4 is 5.73 Å². The monoisotopic (exact) mass is 234 g/mol. The molecule has 92 valence electrons. The zero-order valence-electron chi connectivity index (χ0n) is 10.4. The van der Waals surface area contributed by atoms with E-state index in [-0.39, 0.29) is 12.0 Å². The summed E-state index contributed by atoms with van der Waals surface area (Å²) in [6, 6.07) is 8.01. The zero-order valence-corrected chi connectivity index (χ0v) is 10.4. The zero-order chi connectivity index (χ0) is 12.9. The van der Waals surface area contributed by atoms with Gasteiger partial charge >= 0.3 is 0 Å². The lowest BCUT2D eigenvalue weighted by molar-refractivity contribution is -0.122. The van der Waals surface area contributed by atoms with E-state index in [1.165, 1.54) is 5.56 Å². The highest BCUT2D eigenvalue weighted by Crippen LogP contribution is 2.21. The second-order valence-electron chi connectivity index (χ2n) is 4.85. The van der Waals surface area contributed by atoms with Gasteiger partial charge in [-0.2, -0.15) is 0 Å². The molecule has 0 heterocycles. The molecule has 1 aromatic carbocycles. The molecule has 0 atom stereocenters. The lowest BCUT2D eigenvalue weighted by Crippen LogP contribution is -2.16. The molecule has 0 unspecified atom stereocenters. The Bertz CT molecular complexity index is 402. The van der Waals surface area contributed by atoms with Gasteiger partial charge < -0.3 is 10.6 Å². The Morgan fingerprint density at radius 1 is 1.35 bits per heavy atom. The summed E-state index contributed by atoms with van der Waals surface area (Å²) >= 11 is 0.